The first-order valence-electron chi connectivity index (χ1n) is 6.60. The van der Waals surface area contributed by atoms with Crippen molar-refractivity contribution >= 4 is 11.9 Å². The summed E-state index contributed by atoms with van der Waals surface area (Å²) < 4.78 is 0. The third-order valence-electron chi connectivity index (χ3n) is 2.95. The topological polar surface area (TPSA) is 95.4 Å². The standard InChI is InChI=1S/C13H20N4O3/c1-3-17(4-2)12(18)5-6-14-8-11-10(13(19)20)7-15-9-16-11/h7,9,14H,3-6,8H2,1-2H3,(H,19,20). The fourth-order valence-corrected chi connectivity index (χ4v) is 1.81. The molecule has 2 N–H and O–H groups in total. The Balaban J connectivity index is 2.42. The lowest BCUT2D eigenvalue weighted by Crippen LogP contribution is -2.32. The molecule has 1 amide bonds. The lowest BCUT2D eigenvalue weighted by atomic mass is 10.2. The van der Waals surface area contributed by atoms with Crippen LogP contribution in [0.5, 0.6) is 0 Å². The van der Waals surface area contributed by atoms with E-state index in [1.54, 1.807) is 4.90 Å². The number of nitrogens with one attached hydrogen (secondary N) is 1. The summed E-state index contributed by atoms with van der Waals surface area (Å²) in [6.07, 6.45) is 2.97. The Morgan fingerprint density at radius 1 is 1.35 bits per heavy atom. The van der Waals surface area contributed by atoms with E-state index in [-0.39, 0.29) is 11.5 Å². The number of amides is 1. The Kier molecular flexibility index (Phi) is 6.58. The van der Waals surface area contributed by atoms with Crippen molar-refractivity contribution in [2.45, 2.75) is 26.8 Å². The second-order valence-electron chi connectivity index (χ2n) is 4.18. The van der Waals surface area contributed by atoms with Gasteiger partial charge in [-0.15, -0.1) is 0 Å². The van der Waals surface area contributed by atoms with Gasteiger partial charge in [0.2, 0.25) is 5.91 Å². The number of rotatable bonds is 8. The van der Waals surface area contributed by atoms with Crippen LogP contribution in [0.3, 0.4) is 0 Å². The highest BCUT2D eigenvalue weighted by Gasteiger charge is 2.12. The minimum atomic E-state index is -1.05. The third-order valence-corrected chi connectivity index (χ3v) is 2.95. The lowest BCUT2D eigenvalue weighted by molar-refractivity contribution is -0.130. The highest BCUT2D eigenvalue weighted by molar-refractivity contribution is 5.88. The summed E-state index contributed by atoms with van der Waals surface area (Å²) in [5.74, 6) is -0.967. The van der Waals surface area contributed by atoms with Gasteiger partial charge in [0.05, 0.1) is 5.69 Å². The molecule has 0 radical (unpaired) electrons. The van der Waals surface area contributed by atoms with E-state index in [9.17, 15) is 9.59 Å². The number of carboxylic acids is 1. The Labute approximate surface area is 118 Å². The van der Waals surface area contributed by atoms with E-state index in [2.05, 4.69) is 15.3 Å². The number of nitrogens with zero attached hydrogens (tertiary/aromatic N) is 3. The predicted octanol–water partition coefficient (Wildman–Crippen LogP) is 0.523. The van der Waals surface area contributed by atoms with Gasteiger partial charge in [0.25, 0.3) is 0 Å². The molecule has 0 aliphatic carbocycles. The molecule has 1 aromatic rings. The van der Waals surface area contributed by atoms with Crippen molar-refractivity contribution < 1.29 is 14.7 Å². The van der Waals surface area contributed by atoms with Crippen molar-refractivity contribution in [3.8, 4) is 0 Å². The molecule has 0 spiro atoms. The van der Waals surface area contributed by atoms with Crippen LogP contribution < -0.4 is 5.32 Å². The van der Waals surface area contributed by atoms with Crippen molar-refractivity contribution in [1.29, 1.82) is 0 Å². The van der Waals surface area contributed by atoms with Gasteiger partial charge in [-0.3, -0.25) is 4.79 Å². The summed E-state index contributed by atoms with van der Waals surface area (Å²) in [6, 6.07) is 0. The molecular formula is C13H20N4O3. The Morgan fingerprint density at radius 3 is 2.65 bits per heavy atom. The van der Waals surface area contributed by atoms with Crippen LogP contribution in [0.15, 0.2) is 12.5 Å². The summed E-state index contributed by atoms with van der Waals surface area (Å²) in [5.41, 5.74) is 0.498. The number of carboxylic acid groups (broad SMARTS) is 1. The smallest absolute Gasteiger partial charge is 0.339 e. The summed E-state index contributed by atoms with van der Waals surface area (Å²) in [4.78, 5) is 32.1. The van der Waals surface area contributed by atoms with Crippen molar-refractivity contribution in [2.24, 2.45) is 0 Å². The van der Waals surface area contributed by atoms with Crippen LogP contribution in [-0.4, -0.2) is 51.5 Å². The van der Waals surface area contributed by atoms with Gasteiger partial charge in [-0.05, 0) is 13.8 Å². The van der Waals surface area contributed by atoms with Gasteiger partial charge < -0.3 is 15.3 Å². The van der Waals surface area contributed by atoms with Gasteiger partial charge in [-0.25, -0.2) is 14.8 Å². The number of carbonyl (C=O) groups excluding carboxylic acids is 1. The Hall–Kier alpha value is -2.02. The Bertz CT molecular complexity index is 461. The first-order chi connectivity index (χ1) is 9.60. The monoisotopic (exact) mass is 280 g/mol. The second kappa shape index (κ2) is 8.21. The molecule has 0 fully saturated rings. The maximum Gasteiger partial charge on any atom is 0.339 e. The molecule has 0 saturated carbocycles. The van der Waals surface area contributed by atoms with Crippen molar-refractivity contribution in [1.82, 2.24) is 20.2 Å². The molecule has 1 heterocycles. The summed E-state index contributed by atoms with van der Waals surface area (Å²) >= 11 is 0. The number of hydrogen-bond acceptors (Lipinski definition) is 5. The Morgan fingerprint density at radius 2 is 2.05 bits per heavy atom. The quantitative estimate of drug-likeness (QED) is 0.674. The van der Waals surface area contributed by atoms with E-state index in [0.717, 1.165) is 0 Å². The fourth-order valence-electron chi connectivity index (χ4n) is 1.81. The SMILES string of the molecule is CCN(CC)C(=O)CCNCc1ncncc1C(=O)O. The van der Waals surface area contributed by atoms with E-state index in [0.29, 0.717) is 38.3 Å². The van der Waals surface area contributed by atoms with Gasteiger partial charge in [0, 0.05) is 38.8 Å². The van der Waals surface area contributed by atoms with E-state index < -0.39 is 5.97 Å². The van der Waals surface area contributed by atoms with Crippen molar-refractivity contribution in [3.05, 3.63) is 23.8 Å². The summed E-state index contributed by atoms with van der Waals surface area (Å²) in [7, 11) is 0. The zero-order valence-electron chi connectivity index (χ0n) is 11.8. The number of carbonyl (C=O) groups is 2. The van der Waals surface area contributed by atoms with Crippen LogP contribution >= 0.6 is 0 Å². The predicted molar refractivity (Wildman–Crippen MR) is 73.2 cm³/mol. The minimum Gasteiger partial charge on any atom is -0.478 e. The zero-order valence-corrected chi connectivity index (χ0v) is 11.8. The molecule has 1 rings (SSSR count). The maximum atomic E-state index is 11.8. The van der Waals surface area contributed by atoms with E-state index >= 15 is 0 Å². The first kappa shape index (κ1) is 16.0. The van der Waals surface area contributed by atoms with Crippen LogP contribution in [0.4, 0.5) is 0 Å². The molecular weight excluding hydrogens is 260 g/mol. The lowest BCUT2D eigenvalue weighted by Gasteiger charge is -2.18. The van der Waals surface area contributed by atoms with Gasteiger partial charge in [-0.1, -0.05) is 0 Å². The molecule has 7 nitrogen and oxygen atoms in total. The molecule has 0 unspecified atom stereocenters. The highest BCUT2D eigenvalue weighted by Crippen LogP contribution is 2.03. The molecule has 0 bridgehead atoms. The highest BCUT2D eigenvalue weighted by atomic mass is 16.4. The van der Waals surface area contributed by atoms with Gasteiger partial charge >= 0.3 is 5.97 Å². The molecule has 110 valence electrons. The molecule has 7 heteroatoms. The third kappa shape index (κ3) is 4.58. The number of aromatic carboxylic acids is 1. The first-order valence-corrected chi connectivity index (χ1v) is 6.60. The summed E-state index contributed by atoms with van der Waals surface area (Å²) in [5, 5.41) is 12.0. The number of aromatic nitrogens is 2. The second-order valence-corrected chi connectivity index (χ2v) is 4.18. The van der Waals surface area contributed by atoms with Crippen LogP contribution in [0.25, 0.3) is 0 Å². The van der Waals surface area contributed by atoms with E-state index in [4.69, 9.17) is 5.11 Å². The molecule has 0 aliphatic heterocycles. The molecule has 0 aliphatic rings. The van der Waals surface area contributed by atoms with Gasteiger partial charge in [0.15, 0.2) is 0 Å². The molecule has 0 atom stereocenters. The molecule has 20 heavy (non-hydrogen) atoms. The normalized spacial score (nSPS) is 10.3. The van der Waals surface area contributed by atoms with Gasteiger partial charge in [0.1, 0.15) is 11.9 Å². The van der Waals surface area contributed by atoms with Crippen LogP contribution in [0.1, 0.15) is 36.3 Å². The van der Waals surface area contributed by atoms with Crippen LogP contribution in [0, 0.1) is 0 Å². The van der Waals surface area contributed by atoms with Crippen LogP contribution in [0.2, 0.25) is 0 Å². The number of hydrogen-bond donors (Lipinski definition) is 2. The fraction of sp³-hybridized carbons (Fsp3) is 0.538. The summed E-state index contributed by atoms with van der Waals surface area (Å²) in [6.45, 7) is 6.06. The van der Waals surface area contributed by atoms with E-state index in [1.165, 1.54) is 12.5 Å². The van der Waals surface area contributed by atoms with E-state index in [1.807, 2.05) is 13.8 Å². The minimum absolute atomic E-state index is 0.0788. The van der Waals surface area contributed by atoms with Crippen molar-refractivity contribution in [3.63, 3.8) is 0 Å². The average Bonchev–Trinajstić information content (AvgIpc) is 2.45. The average molecular weight is 280 g/mol. The largest absolute Gasteiger partial charge is 0.478 e. The van der Waals surface area contributed by atoms with Crippen LogP contribution in [-0.2, 0) is 11.3 Å². The molecule has 1 aromatic heterocycles. The van der Waals surface area contributed by atoms with Gasteiger partial charge in [-0.2, -0.15) is 0 Å². The molecule has 0 aromatic carbocycles. The maximum absolute atomic E-state index is 11.8. The van der Waals surface area contributed by atoms with Crippen molar-refractivity contribution in [2.75, 3.05) is 19.6 Å². The zero-order chi connectivity index (χ0) is 15.0. The molecule has 0 saturated heterocycles.